The topological polar surface area (TPSA) is 153 Å². The summed E-state index contributed by atoms with van der Waals surface area (Å²) in [5, 5.41) is 23.1. The van der Waals surface area contributed by atoms with Gasteiger partial charge in [-0.3, -0.25) is 9.59 Å². The molecule has 11 nitrogen and oxygen atoms in total. The highest BCUT2D eigenvalue weighted by atomic mass is 16.8. The molecule has 11 heteroatoms. The fourth-order valence-corrected chi connectivity index (χ4v) is 5.46. The zero-order valence-corrected chi connectivity index (χ0v) is 25.7. The van der Waals surface area contributed by atoms with Crippen molar-refractivity contribution in [3.63, 3.8) is 0 Å². The van der Waals surface area contributed by atoms with Crippen LogP contribution in [-0.2, 0) is 34.3 Å². The van der Waals surface area contributed by atoms with Gasteiger partial charge in [-0.05, 0) is 29.8 Å². The lowest BCUT2D eigenvalue weighted by atomic mass is 9.91. The molecular weight excluding hydrogens is 604 g/mol. The first kappa shape index (κ1) is 33.6. The maximum Gasteiger partial charge on any atom is 0.338 e. The van der Waals surface area contributed by atoms with Crippen LogP contribution in [0.2, 0.25) is 0 Å². The summed E-state index contributed by atoms with van der Waals surface area (Å²) < 4.78 is 24.6. The van der Waals surface area contributed by atoms with E-state index >= 15 is 0 Å². The number of benzene rings is 3. The molecule has 2 amide bonds. The standard InChI is InChI=1S/C36H38N2O9/c39-19-18-37-32(41)15-17-38-34(42)27-23-30(45-35(43)26-13-11-25(12-14-26)16-21-44-22-20-40)33-31(24-27)46-36(47-33,28-7-3-1-4-8-28)29-9-5-2-6-10-29/h1-14,16,21,24,30-31,33,39-40H,15,17-20,22-23H2,(H,37,41)(H,38,42). The van der Waals surface area contributed by atoms with Crippen LogP contribution in [-0.4, -0.2) is 79.2 Å². The molecule has 0 saturated carbocycles. The molecule has 1 fully saturated rings. The van der Waals surface area contributed by atoms with Crippen LogP contribution in [0.1, 0.15) is 39.9 Å². The number of carbonyl (C=O) groups is 3. The number of rotatable bonds is 14. The molecule has 1 aliphatic heterocycles. The highest BCUT2D eigenvalue weighted by molar-refractivity contribution is 5.94. The van der Waals surface area contributed by atoms with E-state index < -0.39 is 36.0 Å². The Morgan fingerprint density at radius 1 is 0.851 bits per heavy atom. The van der Waals surface area contributed by atoms with Crippen molar-refractivity contribution in [2.45, 2.75) is 36.9 Å². The quantitative estimate of drug-likeness (QED) is 0.118. The van der Waals surface area contributed by atoms with Crippen molar-refractivity contribution >= 4 is 23.9 Å². The van der Waals surface area contributed by atoms with Crippen molar-refractivity contribution in [3.8, 4) is 0 Å². The summed E-state index contributed by atoms with van der Waals surface area (Å²) in [5.74, 6) is -2.64. The Balaban J connectivity index is 1.39. The third kappa shape index (κ3) is 8.32. The highest BCUT2D eigenvalue weighted by Crippen LogP contribution is 2.47. The summed E-state index contributed by atoms with van der Waals surface area (Å²) in [4.78, 5) is 38.7. The predicted octanol–water partition coefficient (Wildman–Crippen LogP) is 2.82. The molecule has 0 spiro atoms. The van der Waals surface area contributed by atoms with E-state index in [1.165, 1.54) is 6.26 Å². The average Bonchev–Trinajstić information content (AvgIpc) is 3.51. The number of ether oxygens (including phenoxy) is 4. The molecule has 3 unspecified atom stereocenters. The minimum atomic E-state index is -1.33. The molecule has 5 rings (SSSR count). The zero-order chi connectivity index (χ0) is 33.1. The smallest absolute Gasteiger partial charge is 0.338 e. The number of aliphatic hydroxyl groups excluding tert-OH is 2. The molecule has 1 aliphatic carbocycles. The van der Waals surface area contributed by atoms with Crippen LogP contribution >= 0.6 is 0 Å². The van der Waals surface area contributed by atoms with Crippen molar-refractivity contribution in [1.82, 2.24) is 10.6 Å². The van der Waals surface area contributed by atoms with Gasteiger partial charge in [-0.15, -0.1) is 0 Å². The van der Waals surface area contributed by atoms with Gasteiger partial charge in [0.2, 0.25) is 17.6 Å². The fourth-order valence-electron chi connectivity index (χ4n) is 5.46. The van der Waals surface area contributed by atoms with Crippen molar-refractivity contribution in [1.29, 1.82) is 0 Å². The van der Waals surface area contributed by atoms with E-state index in [1.807, 2.05) is 60.7 Å². The van der Waals surface area contributed by atoms with E-state index in [1.54, 1.807) is 36.4 Å². The van der Waals surface area contributed by atoms with Crippen molar-refractivity contribution in [2.24, 2.45) is 0 Å². The molecule has 47 heavy (non-hydrogen) atoms. The monoisotopic (exact) mass is 642 g/mol. The third-order valence-corrected chi connectivity index (χ3v) is 7.72. The largest absolute Gasteiger partial charge is 0.499 e. The van der Waals surface area contributed by atoms with E-state index in [0.717, 1.165) is 16.7 Å². The van der Waals surface area contributed by atoms with Gasteiger partial charge < -0.3 is 39.8 Å². The second kappa shape index (κ2) is 16.1. The van der Waals surface area contributed by atoms with Crippen LogP contribution in [0.15, 0.2) is 103 Å². The summed E-state index contributed by atoms with van der Waals surface area (Å²) in [7, 11) is 0. The molecule has 246 valence electrons. The number of hydrogen-bond acceptors (Lipinski definition) is 9. The minimum Gasteiger partial charge on any atom is -0.499 e. The molecule has 1 heterocycles. The van der Waals surface area contributed by atoms with Crippen molar-refractivity contribution in [3.05, 3.63) is 125 Å². The van der Waals surface area contributed by atoms with Crippen molar-refractivity contribution < 1.29 is 43.5 Å². The van der Waals surface area contributed by atoms with E-state index in [9.17, 15) is 14.4 Å². The molecule has 0 aromatic heterocycles. The van der Waals surface area contributed by atoms with Crippen LogP contribution < -0.4 is 10.6 Å². The normalized spacial score (nSPS) is 19.8. The van der Waals surface area contributed by atoms with Gasteiger partial charge in [0.05, 0.1) is 25.0 Å². The van der Waals surface area contributed by atoms with Crippen LogP contribution in [0.4, 0.5) is 0 Å². The number of nitrogens with one attached hydrogen (secondary N) is 2. The van der Waals surface area contributed by atoms with Gasteiger partial charge in [0, 0.05) is 42.6 Å². The lowest BCUT2D eigenvalue weighted by Gasteiger charge is -2.31. The number of fused-ring (bicyclic) bond motifs is 1. The fraction of sp³-hybridized carbons (Fsp3) is 0.306. The molecule has 2 aliphatic rings. The molecule has 4 N–H and O–H groups in total. The maximum atomic E-state index is 13.5. The predicted molar refractivity (Wildman–Crippen MR) is 172 cm³/mol. The molecule has 0 bridgehead atoms. The van der Waals surface area contributed by atoms with Crippen LogP contribution in [0.25, 0.3) is 6.08 Å². The number of esters is 1. The number of aliphatic hydroxyl groups is 2. The zero-order valence-electron chi connectivity index (χ0n) is 25.7. The van der Waals surface area contributed by atoms with Crippen molar-refractivity contribution in [2.75, 3.05) is 32.9 Å². The molecule has 1 saturated heterocycles. The summed E-state index contributed by atoms with van der Waals surface area (Å²) >= 11 is 0. The van der Waals surface area contributed by atoms with Gasteiger partial charge in [-0.1, -0.05) is 72.8 Å². The van der Waals surface area contributed by atoms with E-state index in [2.05, 4.69) is 10.6 Å². The van der Waals surface area contributed by atoms with E-state index in [4.69, 9.17) is 29.2 Å². The first-order valence-electron chi connectivity index (χ1n) is 15.5. The minimum absolute atomic E-state index is 0.0347. The Hall–Kier alpha value is -4.81. The van der Waals surface area contributed by atoms with Gasteiger partial charge in [-0.25, -0.2) is 4.79 Å². The van der Waals surface area contributed by atoms with Crippen LogP contribution in [0.3, 0.4) is 0 Å². The lowest BCUT2D eigenvalue weighted by Crippen LogP contribution is -2.44. The number of amides is 2. The number of hydrogen-bond donors (Lipinski definition) is 4. The van der Waals surface area contributed by atoms with E-state index in [-0.39, 0.29) is 51.7 Å². The second-order valence-corrected chi connectivity index (χ2v) is 11.0. The van der Waals surface area contributed by atoms with Crippen LogP contribution in [0.5, 0.6) is 0 Å². The summed E-state index contributed by atoms with van der Waals surface area (Å²) in [5.41, 5.74) is 2.91. The molecule has 0 radical (unpaired) electrons. The second-order valence-electron chi connectivity index (χ2n) is 11.0. The average molecular weight is 643 g/mol. The van der Waals surface area contributed by atoms with E-state index in [0.29, 0.717) is 11.1 Å². The van der Waals surface area contributed by atoms with Gasteiger partial charge in [0.1, 0.15) is 24.9 Å². The number of carbonyl (C=O) groups excluding carboxylic acids is 3. The Labute approximate surface area is 272 Å². The van der Waals surface area contributed by atoms with Gasteiger partial charge in [0.25, 0.3) is 0 Å². The SMILES string of the molecule is O=C(CCNC(=O)C1=CC2OC(c3ccccc3)(c3ccccc3)OC2C(OC(=O)c2ccc(C=COCCO)cc2)C1)NCCO. The first-order chi connectivity index (χ1) is 22.9. The summed E-state index contributed by atoms with van der Waals surface area (Å²) in [6, 6.07) is 25.6. The molecule has 3 aromatic carbocycles. The Kier molecular flexibility index (Phi) is 11.5. The van der Waals surface area contributed by atoms with Gasteiger partial charge in [-0.2, -0.15) is 0 Å². The highest BCUT2D eigenvalue weighted by Gasteiger charge is 2.54. The summed E-state index contributed by atoms with van der Waals surface area (Å²) in [6.45, 7) is 0.124. The molecule has 3 aromatic rings. The van der Waals surface area contributed by atoms with Gasteiger partial charge >= 0.3 is 5.97 Å². The first-order valence-corrected chi connectivity index (χ1v) is 15.5. The Morgan fingerprint density at radius 2 is 1.53 bits per heavy atom. The Bertz CT molecular complexity index is 1520. The van der Waals surface area contributed by atoms with Crippen LogP contribution in [0, 0.1) is 0 Å². The Morgan fingerprint density at radius 3 is 2.17 bits per heavy atom. The third-order valence-electron chi connectivity index (χ3n) is 7.72. The van der Waals surface area contributed by atoms with Gasteiger partial charge in [0.15, 0.2) is 0 Å². The molecular formula is C36H38N2O9. The summed E-state index contributed by atoms with van der Waals surface area (Å²) in [6.07, 6.45) is 2.59. The molecule has 3 atom stereocenters. The lowest BCUT2D eigenvalue weighted by molar-refractivity contribution is -0.157. The maximum absolute atomic E-state index is 13.5.